The summed E-state index contributed by atoms with van der Waals surface area (Å²) in [5.41, 5.74) is 1.95. The number of pyridine rings is 1. The number of ether oxygens (including phenoxy) is 2. The van der Waals surface area contributed by atoms with E-state index >= 15 is 0 Å². The number of esters is 1. The quantitative estimate of drug-likeness (QED) is 0.543. The number of carbonyl (C=O) groups is 1. The zero-order chi connectivity index (χ0) is 19.1. The van der Waals surface area contributed by atoms with Crippen molar-refractivity contribution in [1.82, 2.24) is 9.97 Å². The molecule has 0 aromatic carbocycles. The molecule has 144 valence electrons. The van der Waals surface area contributed by atoms with Gasteiger partial charge >= 0.3 is 5.97 Å². The molecule has 0 unspecified atom stereocenters. The van der Waals surface area contributed by atoms with E-state index in [2.05, 4.69) is 21.4 Å². The summed E-state index contributed by atoms with van der Waals surface area (Å²) in [5.74, 6) is 0.151. The molecule has 7 nitrogen and oxygen atoms in total. The highest BCUT2D eigenvalue weighted by molar-refractivity contribution is 6.04. The third kappa shape index (κ3) is 4.77. The minimum absolute atomic E-state index is 0.208. The fourth-order valence-electron chi connectivity index (χ4n) is 3.77. The van der Waals surface area contributed by atoms with Crippen molar-refractivity contribution in [1.29, 1.82) is 5.26 Å². The van der Waals surface area contributed by atoms with Gasteiger partial charge in [0, 0.05) is 37.4 Å². The number of aromatic amines is 1. The highest BCUT2D eigenvalue weighted by atomic mass is 16.6. The molecule has 2 heterocycles. The van der Waals surface area contributed by atoms with Crippen LogP contribution in [0.5, 0.6) is 0 Å². The van der Waals surface area contributed by atoms with Crippen molar-refractivity contribution in [3.63, 3.8) is 0 Å². The fraction of sp³-hybridized carbons (Fsp3) is 0.550. The minimum Gasteiger partial charge on any atom is -0.460 e. The van der Waals surface area contributed by atoms with Crippen LogP contribution in [0.2, 0.25) is 0 Å². The summed E-state index contributed by atoms with van der Waals surface area (Å²) in [4.78, 5) is 20.0. The van der Waals surface area contributed by atoms with Crippen LogP contribution in [0, 0.1) is 17.2 Å². The lowest BCUT2D eigenvalue weighted by molar-refractivity contribution is 0.0389. The lowest BCUT2D eigenvalue weighted by atomic mass is 9.83. The number of methoxy groups -OCH3 is 1. The Kier molecular flexibility index (Phi) is 6.66. The number of anilines is 1. The van der Waals surface area contributed by atoms with Gasteiger partial charge < -0.3 is 19.8 Å². The predicted octanol–water partition coefficient (Wildman–Crippen LogP) is 3.64. The van der Waals surface area contributed by atoms with E-state index in [4.69, 9.17) is 14.7 Å². The van der Waals surface area contributed by atoms with Gasteiger partial charge in [0.2, 0.25) is 0 Å². The molecule has 2 aromatic heterocycles. The Morgan fingerprint density at radius 2 is 2.33 bits per heavy atom. The van der Waals surface area contributed by atoms with E-state index in [1.54, 1.807) is 13.3 Å². The number of rotatable bonds is 8. The smallest absolute Gasteiger partial charge is 0.341 e. The van der Waals surface area contributed by atoms with Crippen LogP contribution in [0.1, 0.15) is 48.9 Å². The monoisotopic (exact) mass is 370 g/mol. The Hall–Kier alpha value is -2.59. The summed E-state index contributed by atoms with van der Waals surface area (Å²) in [5, 5.41) is 13.3. The molecule has 0 spiro atoms. The van der Waals surface area contributed by atoms with Crippen LogP contribution in [0.4, 0.5) is 5.69 Å². The zero-order valence-corrected chi connectivity index (χ0v) is 15.7. The molecule has 1 saturated carbocycles. The normalized spacial score (nSPS) is 19.6. The van der Waals surface area contributed by atoms with Crippen LogP contribution in [-0.4, -0.2) is 42.3 Å². The van der Waals surface area contributed by atoms with Crippen molar-refractivity contribution in [2.24, 2.45) is 5.92 Å². The first-order valence-electron chi connectivity index (χ1n) is 9.48. The third-order valence-electron chi connectivity index (χ3n) is 5.12. The van der Waals surface area contributed by atoms with Crippen molar-refractivity contribution < 1.29 is 14.3 Å². The Bertz CT molecular complexity index is 811. The van der Waals surface area contributed by atoms with Gasteiger partial charge in [-0.25, -0.2) is 9.78 Å². The molecule has 0 amide bonds. The molecular weight excluding hydrogens is 344 g/mol. The molecule has 27 heavy (non-hydrogen) atoms. The maximum atomic E-state index is 12.5. The van der Waals surface area contributed by atoms with Crippen molar-refractivity contribution >= 4 is 22.7 Å². The van der Waals surface area contributed by atoms with Crippen LogP contribution >= 0.6 is 0 Å². The molecule has 1 fully saturated rings. The minimum atomic E-state index is -0.401. The maximum Gasteiger partial charge on any atom is 0.341 e. The summed E-state index contributed by atoms with van der Waals surface area (Å²) in [6.07, 6.45) is 9.28. The van der Waals surface area contributed by atoms with Crippen molar-refractivity contribution in [3.8, 4) is 6.07 Å². The second-order valence-corrected chi connectivity index (χ2v) is 6.99. The molecule has 2 atom stereocenters. The number of H-pyrrole nitrogens is 1. The summed E-state index contributed by atoms with van der Waals surface area (Å²) < 4.78 is 10.3. The number of nitriles is 1. The fourth-order valence-corrected chi connectivity index (χ4v) is 3.77. The number of nitrogens with zero attached hydrogens (tertiary/aromatic N) is 2. The van der Waals surface area contributed by atoms with E-state index in [1.165, 1.54) is 6.42 Å². The van der Waals surface area contributed by atoms with Crippen LogP contribution in [0.15, 0.2) is 18.5 Å². The first-order valence-corrected chi connectivity index (χ1v) is 9.48. The first kappa shape index (κ1) is 19.2. The van der Waals surface area contributed by atoms with Gasteiger partial charge in [-0.3, -0.25) is 0 Å². The Morgan fingerprint density at radius 3 is 3.15 bits per heavy atom. The molecule has 0 radical (unpaired) electrons. The molecule has 0 bridgehead atoms. The van der Waals surface area contributed by atoms with Crippen molar-refractivity contribution in [2.75, 3.05) is 25.6 Å². The topological polar surface area (TPSA) is 100 Å². The standard InChI is InChI=1S/C20H26N4O3/c1-26-10-11-27-20(25)17-13-23-19-16(7-9-22-19)18(17)24-15-6-2-4-14(12-15)5-3-8-21/h7,9,13-15H,2-6,10-12H2,1H3,(H2,22,23,24)/t14-,15+/m1/s1. The maximum absolute atomic E-state index is 12.5. The summed E-state index contributed by atoms with van der Waals surface area (Å²) in [6, 6.07) is 4.44. The number of carbonyl (C=O) groups excluding carboxylic acids is 1. The van der Waals surface area contributed by atoms with Crippen LogP contribution in [0.25, 0.3) is 11.0 Å². The van der Waals surface area contributed by atoms with E-state index in [9.17, 15) is 4.79 Å². The third-order valence-corrected chi connectivity index (χ3v) is 5.12. The number of hydrogen-bond donors (Lipinski definition) is 2. The highest BCUT2D eigenvalue weighted by Crippen LogP contribution is 2.33. The number of hydrogen-bond acceptors (Lipinski definition) is 6. The van der Waals surface area contributed by atoms with Gasteiger partial charge in [0.05, 0.1) is 18.4 Å². The molecule has 3 rings (SSSR count). The summed E-state index contributed by atoms with van der Waals surface area (Å²) in [7, 11) is 1.57. The van der Waals surface area contributed by atoms with E-state index in [0.717, 1.165) is 42.4 Å². The average Bonchev–Trinajstić information content (AvgIpc) is 3.16. The molecule has 1 aliphatic rings. The average molecular weight is 370 g/mol. The first-order chi connectivity index (χ1) is 13.2. The van der Waals surface area contributed by atoms with Crippen LogP contribution in [0.3, 0.4) is 0 Å². The van der Waals surface area contributed by atoms with Gasteiger partial charge in [0.15, 0.2) is 0 Å². The molecule has 0 aliphatic heterocycles. The van der Waals surface area contributed by atoms with Gasteiger partial charge in [-0.05, 0) is 31.2 Å². The Labute approximate surface area is 159 Å². The SMILES string of the molecule is COCCOC(=O)c1cnc2[nH]ccc2c1N[C@H]1CCC[C@H](CCC#N)C1. The van der Waals surface area contributed by atoms with E-state index in [0.29, 0.717) is 24.5 Å². The predicted molar refractivity (Wildman–Crippen MR) is 102 cm³/mol. The van der Waals surface area contributed by atoms with Gasteiger partial charge in [0.25, 0.3) is 0 Å². The molecule has 0 saturated heterocycles. The lowest BCUT2D eigenvalue weighted by Crippen LogP contribution is -2.28. The van der Waals surface area contributed by atoms with E-state index in [-0.39, 0.29) is 12.6 Å². The largest absolute Gasteiger partial charge is 0.460 e. The van der Waals surface area contributed by atoms with Crippen molar-refractivity contribution in [2.45, 2.75) is 44.6 Å². The summed E-state index contributed by atoms with van der Waals surface area (Å²) >= 11 is 0. The van der Waals surface area contributed by atoms with Crippen LogP contribution < -0.4 is 5.32 Å². The Morgan fingerprint density at radius 1 is 1.44 bits per heavy atom. The molecule has 2 N–H and O–H groups in total. The lowest BCUT2D eigenvalue weighted by Gasteiger charge is -2.30. The molecular formula is C20H26N4O3. The molecule has 1 aliphatic carbocycles. The van der Waals surface area contributed by atoms with E-state index in [1.807, 2.05) is 12.3 Å². The molecule has 7 heteroatoms. The number of nitrogens with one attached hydrogen (secondary N) is 2. The van der Waals surface area contributed by atoms with Crippen LogP contribution in [-0.2, 0) is 9.47 Å². The van der Waals surface area contributed by atoms with Crippen molar-refractivity contribution in [3.05, 3.63) is 24.0 Å². The number of aromatic nitrogens is 2. The van der Waals surface area contributed by atoms with Gasteiger partial charge in [-0.15, -0.1) is 0 Å². The molecule has 2 aromatic rings. The zero-order valence-electron chi connectivity index (χ0n) is 15.7. The second kappa shape index (κ2) is 9.38. The Balaban J connectivity index is 1.79. The second-order valence-electron chi connectivity index (χ2n) is 6.99. The van der Waals surface area contributed by atoms with Gasteiger partial charge in [-0.2, -0.15) is 5.26 Å². The number of fused-ring (bicyclic) bond motifs is 1. The summed E-state index contributed by atoms with van der Waals surface area (Å²) in [6.45, 7) is 0.567. The van der Waals surface area contributed by atoms with Gasteiger partial charge in [0.1, 0.15) is 17.8 Å². The van der Waals surface area contributed by atoms with Gasteiger partial charge in [-0.1, -0.05) is 12.8 Å². The highest BCUT2D eigenvalue weighted by Gasteiger charge is 2.25. The van der Waals surface area contributed by atoms with E-state index < -0.39 is 5.97 Å².